The average Bonchev–Trinajstić information content (AvgIpc) is 2.63. The summed E-state index contributed by atoms with van der Waals surface area (Å²) in [6, 6.07) is 2.47. The van der Waals surface area contributed by atoms with Crippen molar-refractivity contribution in [3.8, 4) is 0 Å². The van der Waals surface area contributed by atoms with Crippen LogP contribution in [0.25, 0.3) is 0 Å². The number of benzene rings is 1. The van der Waals surface area contributed by atoms with Crippen LogP contribution in [0.15, 0.2) is 29.3 Å². The van der Waals surface area contributed by atoms with Crippen molar-refractivity contribution in [1.82, 2.24) is 19.2 Å². The Morgan fingerprint density at radius 1 is 1.07 bits per heavy atom. The molecule has 2 heterocycles. The molecule has 1 aliphatic heterocycles. The molecule has 1 aromatic heterocycles. The van der Waals surface area contributed by atoms with E-state index in [9.17, 15) is 22.0 Å². The highest BCUT2D eigenvalue weighted by molar-refractivity contribution is 7.89. The van der Waals surface area contributed by atoms with Gasteiger partial charge >= 0.3 is 0 Å². The van der Waals surface area contributed by atoms with Gasteiger partial charge in [-0.1, -0.05) is 0 Å². The van der Waals surface area contributed by atoms with Crippen LogP contribution in [0, 0.1) is 25.5 Å². The zero-order chi connectivity index (χ0) is 19.8. The number of rotatable bonds is 3. The van der Waals surface area contributed by atoms with Gasteiger partial charge in [-0.15, -0.1) is 0 Å². The van der Waals surface area contributed by atoms with Crippen molar-refractivity contribution < 1.29 is 22.0 Å². The van der Waals surface area contributed by atoms with Gasteiger partial charge in [-0.2, -0.15) is 4.31 Å². The van der Waals surface area contributed by atoms with Crippen molar-refractivity contribution >= 4 is 15.9 Å². The molecule has 0 atom stereocenters. The normalized spacial score (nSPS) is 15.8. The molecule has 1 aromatic carbocycles. The molecule has 1 fully saturated rings. The molecule has 0 spiro atoms. The second kappa shape index (κ2) is 7.28. The number of aryl methyl sites for hydroxylation is 2. The van der Waals surface area contributed by atoms with E-state index in [1.165, 1.54) is 11.1 Å². The lowest BCUT2D eigenvalue weighted by molar-refractivity contribution is 0.0696. The standard InChI is InChI=1S/C17H18F2N4O3S/c1-11-14(10-20-12(2)21-11)17(24)22-5-7-23(8-6-22)27(25,26)13-3-4-15(18)16(19)9-13/h3-4,9-10H,5-8H2,1-2H3. The van der Waals surface area contributed by atoms with E-state index >= 15 is 0 Å². The number of aromatic nitrogens is 2. The van der Waals surface area contributed by atoms with Crippen molar-refractivity contribution in [2.45, 2.75) is 18.7 Å². The van der Waals surface area contributed by atoms with Crippen LogP contribution in [0.3, 0.4) is 0 Å². The predicted molar refractivity (Wildman–Crippen MR) is 92.5 cm³/mol. The van der Waals surface area contributed by atoms with Crippen molar-refractivity contribution in [1.29, 1.82) is 0 Å². The second-order valence-corrected chi connectivity index (χ2v) is 8.13. The molecule has 0 radical (unpaired) electrons. The highest BCUT2D eigenvalue weighted by Gasteiger charge is 2.31. The molecule has 1 amide bonds. The summed E-state index contributed by atoms with van der Waals surface area (Å²) in [6.45, 7) is 3.90. The third-order valence-corrected chi connectivity index (χ3v) is 6.28. The minimum Gasteiger partial charge on any atom is -0.336 e. The minimum atomic E-state index is -3.96. The summed E-state index contributed by atoms with van der Waals surface area (Å²) in [6.07, 6.45) is 1.46. The van der Waals surface area contributed by atoms with Crippen molar-refractivity contribution in [3.63, 3.8) is 0 Å². The molecule has 7 nitrogen and oxygen atoms in total. The highest BCUT2D eigenvalue weighted by atomic mass is 32.2. The first-order valence-corrected chi connectivity index (χ1v) is 9.69. The topological polar surface area (TPSA) is 83.5 Å². The summed E-state index contributed by atoms with van der Waals surface area (Å²) >= 11 is 0. The maximum absolute atomic E-state index is 13.4. The fourth-order valence-corrected chi connectivity index (χ4v) is 4.32. The number of hydrogen-bond acceptors (Lipinski definition) is 5. The minimum absolute atomic E-state index is 0.0544. The largest absolute Gasteiger partial charge is 0.336 e. The van der Waals surface area contributed by atoms with Crippen LogP contribution in [-0.2, 0) is 10.0 Å². The van der Waals surface area contributed by atoms with E-state index < -0.39 is 21.7 Å². The summed E-state index contributed by atoms with van der Waals surface area (Å²) in [5, 5.41) is 0. The Kier molecular flexibility index (Phi) is 5.20. The van der Waals surface area contributed by atoms with Crippen LogP contribution >= 0.6 is 0 Å². The maximum atomic E-state index is 13.4. The molecular weight excluding hydrogens is 378 g/mol. The molecule has 2 aromatic rings. The smallest absolute Gasteiger partial charge is 0.257 e. The van der Waals surface area contributed by atoms with E-state index in [1.807, 2.05) is 0 Å². The molecule has 10 heteroatoms. The van der Waals surface area contributed by atoms with Crippen LogP contribution in [0.1, 0.15) is 21.9 Å². The molecule has 0 saturated carbocycles. The van der Waals surface area contributed by atoms with Gasteiger partial charge in [-0.3, -0.25) is 4.79 Å². The van der Waals surface area contributed by atoms with E-state index in [0.717, 1.165) is 16.4 Å². The molecule has 0 N–H and O–H groups in total. The van der Waals surface area contributed by atoms with Gasteiger partial charge in [0.1, 0.15) is 5.82 Å². The Hall–Kier alpha value is -2.46. The summed E-state index contributed by atoms with van der Waals surface area (Å²) < 4.78 is 52.8. The quantitative estimate of drug-likeness (QED) is 0.786. The van der Waals surface area contributed by atoms with Gasteiger partial charge in [-0.05, 0) is 32.0 Å². The fraction of sp³-hybridized carbons (Fsp3) is 0.353. The fourth-order valence-electron chi connectivity index (χ4n) is 2.88. The van der Waals surface area contributed by atoms with E-state index in [4.69, 9.17) is 0 Å². The lowest BCUT2D eigenvalue weighted by atomic mass is 10.2. The SMILES string of the molecule is Cc1ncc(C(=O)N2CCN(S(=O)(=O)c3ccc(F)c(F)c3)CC2)c(C)n1. The second-order valence-electron chi connectivity index (χ2n) is 6.19. The first kappa shape index (κ1) is 19.3. The molecule has 1 saturated heterocycles. The molecule has 0 aliphatic carbocycles. The van der Waals surface area contributed by atoms with Crippen LogP contribution in [-0.4, -0.2) is 59.7 Å². The Morgan fingerprint density at radius 2 is 1.74 bits per heavy atom. The van der Waals surface area contributed by atoms with Gasteiger partial charge in [-0.25, -0.2) is 27.2 Å². The molecule has 3 rings (SSSR count). The van der Waals surface area contributed by atoms with E-state index in [2.05, 4.69) is 9.97 Å². The number of piperazine rings is 1. The Bertz CT molecular complexity index is 990. The monoisotopic (exact) mass is 396 g/mol. The number of halogens is 2. The highest BCUT2D eigenvalue weighted by Crippen LogP contribution is 2.20. The van der Waals surface area contributed by atoms with Gasteiger partial charge in [0.15, 0.2) is 11.6 Å². The number of carbonyl (C=O) groups is 1. The van der Waals surface area contributed by atoms with Crippen LogP contribution in [0.5, 0.6) is 0 Å². The third kappa shape index (κ3) is 3.81. The summed E-state index contributed by atoms with van der Waals surface area (Å²) in [5.74, 6) is -2.04. The number of amides is 1. The van der Waals surface area contributed by atoms with Gasteiger partial charge < -0.3 is 4.90 Å². The van der Waals surface area contributed by atoms with Gasteiger partial charge in [0.25, 0.3) is 5.91 Å². The summed E-state index contributed by atoms with van der Waals surface area (Å²) in [5.41, 5.74) is 0.932. The summed E-state index contributed by atoms with van der Waals surface area (Å²) in [7, 11) is -3.96. The number of sulfonamides is 1. The van der Waals surface area contributed by atoms with E-state index in [-0.39, 0.29) is 37.0 Å². The number of hydrogen-bond donors (Lipinski definition) is 0. The van der Waals surface area contributed by atoms with Crippen molar-refractivity contribution in [2.24, 2.45) is 0 Å². The van der Waals surface area contributed by atoms with E-state index in [0.29, 0.717) is 23.1 Å². The van der Waals surface area contributed by atoms with Gasteiger partial charge in [0.05, 0.1) is 16.2 Å². The Labute approximate surface area is 155 Å². The Balaban J connectivity index is 1.72. The third-order valence-electron chi connectivity index (χ3n) is 4.38. The van der Waals surface area contributed by atoms with Crippen molar-refractivity contribution in [3.05, 3.63) is 53.1 Å². The Morgan fingerprint density at radius 3 is 2.33 bits per heavy atom. The molecule has 1 aliphatic rings. The van der Waals surface area contributed by atoms with Gasteiger partial charge in [0, 0.05) is 32.4 Å². The number of nitrogens with zero attached hydrogens (tertiary/aromatic N) is 4. The molecular formula is C17H18F2N4O3S. The lowest BCUT2D eigenvalue weighted by Gasteiger charge is -2.34. The average molecular weight is 396 g/mol. The maximum Gasteiger partial charge on any atom is 0.257 e. The first-order valence-electron chi connectivity index (χ1n) is 8.25. The first-order chi connectivity index (χ1) is 12.7. The predicted octanol–water partition coefficient (Wildman–Crippen LogP) is 1.52. The van der Waals surface area contributed by atoms with Crippen LogP contribution in [0.2, 0.25) is 0 Å². The van der Waals surface area contributed by atoms with Crippen molar-refractivity contribution in [2.75, 3.05) is 26.2 Å². The lowest BCUT2D eigenvalue weighted by Crippen LogP contribution is -2.50. The zero-order valence-electron chi connectivity index (χ0n) is 14.8. The van der Waals surface area contributed by atoms with Gasteiger partial charge in [0.2, 0.25) is 10.0 Å². The zero-order valence-corrected chi connectivity index (χ0v) is 15.6. The molecule has 144 valence electrons. The van der Waals surface area contributed by atoms with E-state index in [1.54, 1.807) is 13.8 Å². The molecule has 0 bridgehead atoms. The molecule has 27 heavy (non-hydrogen) atoms. The summed E-state index contributed by atoms with van der Waals surface area (Å²) in [4.78, 5) is 22.0. The van der Waals surface area contributed by atoms with Crippen LogP contribution in [0.4, 0.5) is 8.78 Å². The molecule has 0 unspecified atom stereocenters. The number of carbonyl (C=O) groups excluding carboxylic acids is 1. The van der Waals surface area contributed by atoms with Crippen LogP contribution < -0.4 is 0 Å².